The molecule has 8 heteroatoms. The monoisotopic (exact) mass is 333 g/mol. The quantitative estimate of drug-likeness (QED) is 0.867. The van der Waals surface area contributed by atoms with Gasteiger partial charge in [0.05, 0.1) is 17.3 Å². The third-order valence-corrected chi connectivity index (χ3v) is 3.90. The first-order chi connectivity index (χ1) is 11.3. The molecule has 1 aliphatic carbocycles. The maximum absolute atomic E-state index is 13.5. The van der Waals surface area contributed by atoms with E-state index in [0.29, 0.717) is 5.69 Å². The molecule has 2 heterocycles. The lowest BCUT2D eigenvalue weighted by Crippen LogP contribution is -2.55. The zero-order valence-electron chi connectivity index (χ0n) is 12.4. The van der Waals surface area contributed by atoms with Gasteiger partial charge in [-0.2, -0.15) is 0 Å². The maximum atomic E-state index is 13.5. The number of rotatable bonds is 4. The van der Waals surface area contributed by atoms with Gasteiger partial charge in [-0.1, -0.05) is 6.07 Å². The van der Waals surface area contributed by atoms with E-state index in [1.54, 1.807) is 18.2 Å². The lowest BCUT2D eigenvalue weighted by molar-refractivity contribution is -0.114. The lowest BCUT2D eigenvalue weighted by atomic mass is 9.60. The van der Waals surface area contributed by atoms with Crippen LogP contribution in [0.2, 0.25) is 0 Å². The second-order valence-electron chi connectivity index (χ2n) is 5.64. The number of nitrogens with two attached hydrogens (primary N) is 1. The highest BCUT2D eigenvalue weighted by Crippen LogP contribution is 2.54. The summed E-state index contributed by atoms with van der Waals surface area (Å²) in [4.78, 5) is 31.4. The lowest BCUT2D eigenvalue weighted by Gasteiger charge is -2.45. The molecule has 0 radical (unpaired) electrons. The van der Waals surface area contributed by atoms with Crippen LogP contribution < -0.4 is 10.5 Å². The zero-order valence-corrected chi connectivity index (χ0v) is 12.4. The topological polar surface area (TPSA) is 95.2 Å². The van der Waals surface area contributed by atoms with Gasteiger partial charge in [-0.05, 0) is 24.3 Å². The first-order valence-electron chi connectivity index (χ1n) is 7.10. The van der Waals surface area contributed by atoms with Crippen molar-refractivity contribution in [2.75, 3.05) is 0 Å². The second-order valence-corrected chi connectivity index (χ2v) is 5.64. The number of hydrogen-bond acceptors (Lipinski definition) is 5. The fourth-order valence-corrected chi connectivity index (χ4v) is 2.87. The molecule has 0 bridgehead atoms. The number of nitrogens with zero attached hydrogens (tertiary/aromatic N) is 2. The number of ether oxygens (including phenoxy) is 1. The van der Waals surface area contributed by atoms with Crippen molar-refractivity contribution in [3.05, 3.63) is 54.1 Å². The first-order valence-corrected chi connectivity index (χ1v) is 7.10. The predicted octanol–water partition coefficient (Wildman–Crippen LogP) is 2.48. The smallest absolute Gasteiger partial charge is 0.409 e. The molecule has 2 N–H and O–H groups in total. The van der Waals surface area contributed by atoms with Gasteiger partial charge in [0, 0.05) is 19.0 Å². The number of carbonyl (C=O) groups excluding carboxylic acids is 2. The van der Waals surface area contributed by atoms with Crippen molar-refractivity contribution in [1.29, 1.82) is 0 Å². The summed E-state index contributed by atoms with van der Waals surface area (Å²) in [5.41, 5.74) is 3.77. The molecule has 0 spiro atoms. The Labute approximate surface area is 135 Å². The minimum Gasteiger partial charge on any atom is -0.409 e. The third-order valence-electron chi connectivity index (χ3n) is 3.90. The van der Waals surface area contributed by atoms with Gasteiger partial charge in [0.1, 0.15) is 5.69 Å². The Morgan fingerprint density at radius 2 is 1.88 bits per heavy atom. The van der Waals surface area contributed by atoms with Crippen molar-refractivity contribution in [3.8, 4) is 5.75 Å². The van der Waals surface area contributed by atoms with Crippen LogP contribution >= 0.6 is 0 Å². The van der Waals surface area contributed by atoms with Crippen molar-refractivity contribution in [2.45, 2.75) is 24.2 Å². The number of carbonyl (C=O) groups is 2. The maximum Gasteiger partial charge on any atom is 0.410 e. The van der Waals surface area contributed by atoms with Gasteiger partial charge in [-0.3, -0.25) is 9.78 Å². The molecular formula is C16H13F2N3O3. The molecule has 1 saturated carbocycles. The molecule has 2 aromatic rings. The van der Waals surface area contributed by atoms with Gasteiger partial charge in [0.25, 0.3) is 5.92 Å². The molecule has 0 aromatic carbocycles. The Kier molecular flexibility index (Phi) is 3.75. The third kappa shape index (κ3) is 2.82. The summed E-state index contributed by atoms with van der Waals surface area (Å²) in [6.07, 6.45) is 0.354. The number of amides is 1. The molecule has 1 fully saturated rings. The highest BCUT2D eigenvalue weighted by Gasteiger charge is 2.62. The number of alkyl halides is 2. The molecular weight excluding hydrogens is 320 g/mol. The SMILES string of the molecule is NC(=O)Oc1ccc(C(=O)C2(c3ccccn3)CC(F)(F)C2)nc1. The summed E-state index contributed by atoms with van der Waals surface area (Å²) in [5, 5.41) is 0. The van der Waals surface area contributed by atoms with Crippen LogP contribution in [-0.4, -0.2) is 27.8 Å². The van der Waals surface area contributed by atoms with Gasteiger partial charge >= 0.3 is 6.09 Å². The van der Waals surface area contributed by atoms with E-state index in [-0.39, 0.29) is 11.4 Å². The summed E-state index contributed by atoms with van der Waals surface area (Å²) in [7, 11) is 0. The zero-order chi connectivity index (χ0) is 17.4. The Bertz CT molecular complexity index is 771. The molecule has 0 unspecified atom stereocenters. The van der Waals surface area contributed by atoms with Gasteiger partial charge in [0.2, 0.25) is 0 Å². The number of pyridine rings is 2. The molecule has 1 aliphatic rings. The molecule has 124 valence electrons. The second kappa shape index (κ2) is 5.63. The normalized spacial score (nSPS) is 17.6. The van der Waals surface area contributed by atoms with E-state index < -0.39 is 36.1 Å². The van der Waals surface area contributed by atoms with E-state index >= 15 is 0 Å². The fourth-order valence-electron chi connectivity index (χ4n) is 2.87. The predicted molar refractivity (Wildman–Crippen MR) is 78.9 cm³/mol. The van der Waals surface area contributed by atoms with Crippen LogP contribution in [0.25, 0.3) is 0 Å². The minimum atomic E-state index is -2.91. The highest BCUT2D eigenvalue weighted by atomic mass is 19.3. The van der Waals surface area contributed by atoms with Gasteiger partial charge in [-0.15, -0.1) is 0 Å². The van der Waals surface area contributed by atoms with Crippen molar-refractivity contribution in [3.63, 3.8) is 0 Å². The molecule has 0 saturated heterocycles. The minimum absolute atomic E-state index is 0.00651. The van der Waals surface area contributed by atoms with E-state index in [9.17, 15) is 18.4 Å². The number of halogens is 2. The summed E-state index contributed by atoms with van der Waals surface area (Å²) < 4.78 is 31.7. The average Bonchev–Trinajstić information content (AvgIpc) is 2.52. The van der Waals surface area contributed by atoms with Crippen molar-refractivity contribution in [2.24, 2.45) is 5.73 Å². The van der Waals surface area contributed by atoms with Crippen LogP contribution in [0.5, 0.6) is 5.75 Å². The van der Waals surface area contributed by atoms with Gasteiger partial charge in [0.15, 0.2) is 11.5 Å². The Balaban J connectivity index is 1.92. The molecule has 0 atom stereocenters. The van der Waals surface area contributed by atoms with Crippen LogP contribution in [0.4, 0.5) is 13.6 Å². The van der Waals surface area contributed by atoms with Crippen LogP contribution in [0, 0.1) is 0 Å². The number of ketones is 1. The number of aromatic nitrogens is 2. The van der Waals surface area contributed by atoms with Gasteiger partial charge < -0.3 is 10.5 Å². The summed E-state index contributed by atoms with van der Waals surface area (Å²) in [6, 6.07) is 7.48. The number of Topliss-reactive ketones (excluding diaryl/α,β-unsaturated/α-hetero) is 1. The Morgan fingerprint density at radius 1 is 1.12 bits per heavy atom. The average molecular weight is 333 g/mol. The standard InChI is InChI=1S/C16H13F2N3O3/c17-16(18)8-15(9-16,12-3-1-2-6-20-12)13(22)11-5-4-10(7-21-11)24-14(19)23/h1-7H,8-9H2,(H2,19,23). The van der Waals surface area contributed by atoms with E-state index in [1.807, 2.05) is 0 Å². The van der Waals surface area contributed by atoms with Crippen LogP contribution in [0.3, 0.4) is 0 Å². The van der Waals surface area contributed by atoms with E-state index in [4.69, 9.17) is 5.73 Å². The van der Waals surface area contributed by atoms with E-state index in [2.05, 4.69) is 14.7 Å². The molecule has 1 amide bonds. The molecule has 0 aliphatic heterocycles. The summed E-state index contributed by atoms with van der Waals surface area (Å²) >= 11 is 0. The summed E-state index contributed by atoms with van der Waals surface area (Å²) in [6.45, 7) is 0. The molecule has 2 aromatic heterocycles. The van der Waals surface area contributed by atoms with Crippen molar-refractivity contribution >= 4 is 11.9 Å². The van der Waals surface area contributed by atoms with Crippen LogP contribution in [0.15, 0.2) is 42.7 Å². The Morgan fingerprint density at radius 3 is 2.38 bits per heavy atom. The highest BCUT2D eigenvalue weighted by molar-refractivity contribution is 6.03. The van der Waals surface area contributed by atoms with E-state index in [0.717, 1.165) is 6.20 Å². The molecule has 24 heavy (non-hydrogen) atoms. The summed E-state index contributed by atoms with van der Waals surface area (Å²) in [5.74, 6) is -3.40. The van der Waals surface area contributed by atoms with Crippen molar-refractivity contribution in [1.82, 2.24) is 9.97 Å². The molecule has 6 nitrogen and oxygen atoms in total. The van der Waals surface area contributed by atoms with Crippen molar-refractivity contribution < 1.29 is 23.1 Å². The number of hydrogen-bond donors (Lipinski definition) is 1. The molecule has 3 rings (SSSR count). The van der Waals surface area contributed by atoms with E-state index in [1.165, 1.54) is 18.3 Å². The Hall–Kier alpha value is -2.90. The number of primary amides is 1. The van der Waals surface area contributed by atoms with Gasteiger partial charge in [-0.25, -0.2) is 18.6 Å². The fraction of sp³-hybridized carbons (Fsp3) is 0.250. The van der Waals surface area contributed by atoms with Crippen LogP contribution in [0.1, 0.15) is 29.0 Å². The van der Waals surface area contributed by atoms with Crippen LogP contribution in [-0.2, 0) is 5.41 Å². The largest absolute Gasteiger partial charge is 0.410 e. The first kappa shape index (κ1) is 16.0.